The Hall–Kier alpha value is -3.15. The normalized spacial score (nSPS) is 17.3. The molecule has 0 aliphatic carbocycles. The van der Waals surface area contributed by atoms with Gasteiger partial charge in [-0.1, -0.05) is 24.3 Å². The number of carbonyl (C=O) groups is 3. The molecule has 4 rings (SSSR count). The van der Waals surface area contributed by atoms with Crippen molar-refractivity contribution in [2.24, 2.45) is 5.92 Å². The third kappa shape index (κ3) is 4.16. The number of hydrogen-bond acceptors (Lipinski definition) is 6. The van der Waals surface area contributed by atoms with E-state index in [1.54, 1.807) is 37.3 Å². The monoisotopic (exact) mass is 368 g/mol. The van der Waals surface area contributed by atoms with Gasteiger partial charge in [0.2, 0.25) is 0 Å². The Labute approximate surface area is 157 Å². The van der Waals surface area contributed by atoms with Crippen LogP contribution in [0.15, 0.2) is 48.5 Å². The third-order valence-corrected chi connectivity index (χ3v) is 4.22. The zero-order valence-electron chi connectivity index (χ0n) is 15.0. The number of hydrogen-bond donors (Lipinski definition) is 0. The Balaban J connectivity index is 0.000000166. The molecule has 1 unspecified atom stereocenters. The van der Waals surface area contributed by atoms with Crippen molar-refractivity contribution in [3.8, 4) is 11.5 Å². The fraction of sp³-hybridized carbons (Fsp3) is 0.286. The fourth-order valence-corrected chi connectivity index (χ4v) is 2.86. The molecule has 2 aromatic carbocycles. The predicted octanol–water partition coefficient (Wildman–Crippen LogP) is 3.09. The van der Waals surface area contributed by atoms with E-state index in [1.165, 1.54) is 0 Å². The molecule has 6 nitrogen and oxygen atoms in total. The number of esters is 1. The number of carbonyl (C=O) groups excluding carboxylic acids is 3. The molecule has 0 amide bonds. The molecule has 0 bridgehead atoms. The summed E-state index contributed by atoms with van der Waals surface area (Å²) in [6.45, 7) is 2.56. The molecule has 2 aromatic rings. The van der Waals surface area contributed by atoms with Crippen molar-refractivity contribution in [3.63, 3.8) is 0 Å². The first-order valence-electron chi connectivity index (χ1n) is 8.79. The van der Waals surface area contributed by atoms with Gasteiger partial charge in [-0.25, -0.2) is 0 Å². The van der Waals surface area contributed by atoms with Gasteiger partial charge in [0.1, 0.15) is 18.1 Å². The first-order chi connectivity index (χ1) is 13.1. The number of Topliss-reactive ketones (excluding diaryl/α,β-unsaturated/α-hetero) is 2. The van der Waals surface area contributed by atoms with Gasteiger partial charge in [-0.3, -0.25) is 14.4 Å². The Bertz CT molecular complexity index is 857. The summed E-state index contributed by atoms with van der Waals surface area (Å²) in [4.78, 5) is 34.7. The van der Waals surface area contributed by atoms with Crippen LogP contribution < -0.4 is 9.47 Å². The molecule has 0 radical (unpaired) electrons. The van der Waals surface area contributed by atoms with Gasteiger partial charge in [-0.2, -0.15) is 0 Å². The van der Waals surface area contributed by atoms with Crippen LogP contribution in [0.3, 0.4) is 0 Å². The molecule has 0 saturated heterocycles. The summed E-state index contributed by atoms with van der Waals surface area (Å²) in [6, 6.07) is 14.3. The van der Waals surface area contributed by atoms with E-state index in [2.05, 4.69) is 0 Å². The second kappa shape index (κ2) is 8.49. The summed E-state index contributed by atoms with van der Waals surface area (Å²) < 4.78 is 15.5. The predicted molar refractivity (Wildman–Crippen MR) is 97.3 cm³/mol. The molecule has 1 atom stereocenters. The Morgan fingerprint density at radius 3 is 2.30 bits per heavy atom. The van der Waals surface area contributed by atoms with Gasteiger partial charge in [0.05, 0.1) is 24.3 Å². The highest BCUT2D eigenvalue weighted by atomic mass is 16.5. The van der Waals surface area contributed by atoms with Crippen molar-refractivity contribution >= 4 is 17.5 Å². The molecule has 0 spiro atoms. The lowest BCUT2D eigenvalue weighted by Crippen LogP contribution is -2.35. The van der Waals surface area contributed by atoms with E-state index in [1.807, 2.05) is 18.2 Å². The topological polar surface area (TPSA) is 78.9 Å². The minimum Gasteiger partial charge on any atom is -0.492 e. The van der Waals surface area contributed by atoms with Crippen LogP contribution in [-0.2, 0) is 9.53 Å². The van der Waals surface area contributed by atoms with E-state index in [0.29, 0.717) is 24.3 Å². The maximum atomic E-state index is 12.0. The highest BCUT2D eigenvalue weighted by Crippen LogP contribution is 2.27. The second-order valence-electron chi connectivity index (χ2n) is 5.99. The maximum Gasteiger partial charge on any atom is 0.320 e. The Morgan fingerprint density at radius 1 is 1.00 bits per heavy atom. The maximum absolute atomic E-state index is 12.0. The second-order valence-corrected chi connectivity index (χ2v) is 5.99. The van der Waals surface area contributed by atoms with E-state index in [-0.39, 0.29) is 24.8 Å². The van der Waals surface area contributed by atoms with Crippen LogP contribution in [0.4, 0.5) is 0 Å². The SMILES string of the molecule is CCOC(=O)C1COc2ccccc2C1=O.O=C1CCOc2ccccc21. The van der Waals surface area contributed by atoms with E-state index in [0.717, 1.165) is 11.3 Å². The van der Waals surface area contributed by atoms with E-state index in [9.17, 15) is 14.4 Å². The molecule has 0 N–H and O–H groups in total. The van der Waals surface area contributed by atoms with Crippen LogP contribution >= 0.6 is 0 Å². The zero-order valence-corrected chi connectivity index (χ0v) is 15.0. The van der Waals surface area contributed by atoms with Crippen molar-refractivity contribution in [1.29, 1.82) is 0 Å². The largest absolute Gasteiger partial charge is 0.492 e. The molecule has 0 fully saturated rings. The minimum absolute atomic E-state index is 0.0642. The molecular formula is C21H20O6. The third-order valence-electron chi connectivity index (χ3n) is 4.22. The lowest BCUT2D eigenvalue weighted by atomic mass is 9.95. The molecule has 6 heteroatoms. The average molecular weight is 368 g/mol. The van der Waals surface area contributed by atoms with Gasteiger partial charge in [0.25, 0.3) is 0 Å². The van der Waals surface area contributed by atoms with Gasteiger partial charge in [0, 0.05) is 6.42 Å². The standard InChI is InChI=1S/C12H12O4.C9H8O2/c1-2-15-12(14)9-7-16-10-6-4-3-5-8(10)11(9)13;10-8-5-6-11-9-4-2-1-3-7(8)9/h3-6,9H,2,7H2,1H3;1-4H,5-6H2. The van der Waals surface area contributed by atoms with Crippen molar-refractivity contribution in [3.05, 3.63) is 59.7 Å². The van der Waals surface area contributed by atoms with Crippen LogP contribution in [0.1, 0.15) is 34.1 Å². The van der Waals surface area contributed by atoms with Crippen LogP contribution in [0.5, 0.6) is 11.5 Å². The summed E-state index contributed by atoms with van der Waals surface area (Å²) in [7, 11) is 0. The molecule has 0 saturated carbocycles. The van der Waals surface area contributed by atoms with Crippen molar-refractivity contribution in [1.82, 2.24) is 0 Å². The molecule has 0 aromatic heterocycles. The Morgan fingerprint density at radius 2 is 1.63 bits per heavy atom. The van der Waals surface area contributed by atoms with Gasteiger partial charge in [-0.05, 0) is 31.2 Å². The van der Waals surface area contributed by atoms with Crippen molar-refractivity contribution in [2.75, 3.05) is 19.8 Å². The lowest BCUT2D eigenvalue weighted by molar-refractivity contribution is -0.147. The van der Waals surface area contributed by atoms with E-state index >= 15 is 0 Å². The summed E-state index contributed by atoms with van der Waals surface area (Å²) >= 11 is 0. The smallest absolute Gasteiger partial charge is 0.320 e. The molecule has 140 valence electrons. The van der Waals surface area contributed by atoms with E-state index in [4.69, 9.17) is 14.2 Å². The number of benzene rings is 2. The number of para-hydroxylation sites is 2. The van der Waals surface area contributed by atoms with Crippen molar-refractivity contribution in [2.45, 2.75) is 13.3 Å². The van der Waals surface area contributed by atoms with Gasteiger partial charge >= 0.3 is 5.97 Å². The van der Waals surface area contributed by atoms with E-state index < -0.39 is 11.9 Å². The first-order valence-corrected chi connectivity index (χ1v) is 8.79. The molecule has 2 heterocycles. The van der Waals surface area contributed by atoms with Crippen LogP contribution in [0.25, 0.3) is 0 Å². The van der Waals surface area contributed by atoms with Crippen molar-refractivity contribution < 1.29 is 28.6 Å². The first kappa shape index (κ1) is 18.6. The number of fused-ring (bicyclic) bond motifs is 2. The van der Waals surface area contributed by atoms with Crippen LogP contribution in [-0.4, -0.2) is 37.4 Å². The number of ketones is 2. The van der Waals surface area contributed by atoms with Crippen LogP contribution in [0.2, 0.25) is 0 Å². The minimum atomic E-state index is -0.824. The number of rotatable bonds is 2. The summed E-state index contributed by atoms with van der Waals surface area (Å²) in [6.07, 6.45) is 0.511. The Kier molecular flexibility index (Phi) is 5.86. The lowest BCUT2D eigenvalue weighted by Gasteiger charge is -2.22. The molecule has 2 aliphatic rings. The van der Waals surface area contributed by atoms with Gasteiger partial charge in [0.15, 0.2) is 17.5 Å². The quantitative estimate of drug-likeness (QED) is 0.599. The molecule has 27 heavy (non-hydrogen) atoms. The van der Waals surface area contributed by atoms with Crippen LogP contribution in [0, 0.1) is 5.92 Å². The molecular weight excluding hydrogens is 348 g/mol. The molecule has 2 aliphatic heterocycles. The highest BCUT2D eigenvalue weighted by Gasteiger charge is 2.35. The van der Waals surface area contributed by atoms with Gasteiger partial charge < -0.3 is 14.2 Å². The highest BCUT2D eigenvalue weighted by molar-refractivity contribution is 6.11. The number of ether oxygens (including phenoxy) is 3. The summed E-state index contributed by atoms with van der Waals surface area (Å²) in [5, 5.41) is 0. The summed E-state index contributed by atoms with van der Waals surface area (Å²) in [5.74, 6) is -0.110. The van der Waals surface area contributed by atoms with Gasteiger partial charge in [-0.15, -0.1) is 0 Å². The average Bonchev–Trinajstić information content (AvgIpc) is 2.70. The summed E-state index contributed by atoms with van der Waals surface area (Å²) in [5.41, 5.74) is 1.17. The fourth-order valence-electron chi connectivity index (χ4n) is 2.86. The zero-order chi connectivity index (χ0) is 19.2.